The number of hydrogen-bond donors (Lipinski definition) is 4. The molecule has 18 heteroatoms. The molecule has 0 saturated carbocycles. The highest BCUT2D eigenvalue weighted by Gasteiger charge is 2.43. The van der Waals surface area contributed by atoms with Gasteiger partial charge >= 0.3 is 18.1 Å². The number of morpholine rings is 1. The van der Waals surface area contributed by atoms with Crippen molar-refractivity contribution in [3.8, 4) is 0 Å². The monoisotopic (exact) mass is 662 g/mol. The van der Waals surface area contributed by atoms with Gasteiger partial charge in [0.05, 0.1) is 50.1 Å². The van der Waals surface area contributed by atoms with Gasteiger partial charge in [0.2, 0.25) is 11.8 Å². The van der Waals surface area contributed by atoms with E-state index >= 15 is 0 Å². The minimum absolute atomic E-state index is 0.0222. The standard InChI is InChI=1S/C29H30F4N8O6/c30-17-12-36-28(37-13-17)39-21-9-16(25(34)43)10-22-20(21)14-38-41(22)24(26(35)44)19(11-23(42)47-27(45)29(31,32)33)15-2-1-3-18(8-15)40-4-6-46-7-5-40/h1-3,8-10,14,17,19,24H,4-7,11-13H2,(H2,34,43)(H2,35,44)(H2,36,37,39)/t19-,24?/m0/s1. The lowest BCUT2D eigenvalue weighted by Crippen LogP contribution is -2.41. The molecule has 0 spiro atoms. The van der Waals surface area contributed by atoms with Crippen LogP contribution in [0.4, 0.5) is 28.9 Å². The Morgan fingerprint density at radius 3 is 2.51 bits per heavy atom. The fourth-order valence-corrected chi connectivity index (χ4v) is 5.40. The molecule has 1 fully saturated rings. The molecule has 2 aliphatic rings. The summed E-state index contributed by atoms with van der Waals surface area (Å²) in [6, 6.07) is 7.74. The molecule has 2 aliphatic heterocycles. The van der Waals surface area contributed by atoms with E-state index in [0.717, 1.165) is 4.68 Å². The lowest BCUT2D eigenvalue weighted by Gasteiger charge is -2.31. The van der Waals surface area contributed by atoms with E-state index in [0.29, 0.717) is 42.9 Å². The summed E-state index contributed by atoms with van der Waals surface area (Å²) in [7, 11) is 0. The zero-order valence-corrected chi connectivity index (χ0v) is 24.6. The Hall–Kier alpha value is -5.26. The average Bonchev–Trinajstić information content (AvgIpc) is 3.45. The molecule has 0 radical (unpaired) electrons. The summed E-state index contributed by atoms with van der Waals surface area (Å²) >= 11 is 0. The summed E-state index contributed by atoms with van der Waals surface area (Å²) in [6.45, 7) is 1.80. The molecule has 14 nitrogen and oxygen atoms in total. The van der Waals surface area contributed by atoms with Crippen LogP contribution in [0.2, 0.25) is 0 Å². The van der Waals surface area contributed by atoms with Gasteiger partial charge in [-0.05, 0) is 29.8 Å². The van der Waals surface area contributed by atoms with Gasteiger partial charge in [-0.1, -0.05) is 12.1 Å². The number of rotatable bonds is 9. The molecule has 6 N–H and O–H groups in total. The molecule has 3 heterocycles. The van der Waals surface area contributed by atoms with Crippen molar-refractivity contribution in [3.63, 3.8) is 0 Å². The van der Waals surface area contributed by atoms with Crippen molar-refractivity contribution in [1.29, 1.82) is 0 Å². The molecular formula is C29H30F4N8O6. The largest absolute Gasteiger partial charge is 0.491 e. The van der Waals surface area contributed by atoms with E-state index in [1.807, 2.05) is 4.90 Å². The van der Waals surface area contributed by atoms with Gasteiger partial charge in [-0.3, -0.25) is 19.1 Å². The van der Waals surface area contributed by atoms with Gasteiger partial charge in [0, 0.05) is 35.6 Å². The van der Waals surface area contributed by atoms with Crippen LogP contribution >= 0.6 is 0 Å². The summed E-state index contributed by atoms with van der Waals surface area (Å²) in [6.07, 6.45) is -6.21. The van der Waals surface area contributed by atoms with E-state index in [-0.39, 0.29) is 35.8 Å². The molecule has 3 atom stereocenters. The first kappa shape index (κ1) is 33.1. The molecule has 3 aromatic rings. The van der Waals surface area contributed by atoms with Crippen LogP contribution < -0.4 is 27.0 Å². The molecule has 47 heavy (non-hydrogen) atoms. The first-order valence-electron chi connectivity index (χ1n) is 14.4. The fourth-order valence-electron chi connectivity index (χ4n) is 5.40. The van der Waals surface area contributed by atoms with Crippen LogP contribution in [-0.2, 0) is 23.9 Å². The molecule has 2 aromatic carbocycles. The zero-order valence-electron chi connectivity index (χ0n) is 24.6. The molecule has 2 unspecified atom stereocenters. The Labute approximate surface area is 264 Å². The van der Waals surface area contributed by atoms with Gasteiger partial charge in [-0.15, -0.1) is 0 Å². The fraction of sp³-hybridized carbons (Fsp3) is 0.379. The highest BCUT2D eigenvalue weighted by Crippen LogP contribution is 2.37. The number of carbonyl (C=O) groups is 4. The molecule has 250 valence electrons. The van der Waals surface area contributed by atoms with E-state index in [2.05, 4.69) is 25.5 Å². The van der Waals surface area contributed by atoms with Crippen molar-refractivity contribution < 1.29 is 46.2 Å². The number of alkyl halides is 4. The number of esters is 2. The maximum absolute atomic E-state index is 13.6. The number of aliphatic imine (C=N–C) groups is 1. The van der Waals surface area contributed by atoms with E-state index in [9.17, 15) is 36.7 Å². The van der Waals surface area contributed by atoms with Gasteiger partial charge in [0.15, 0.2) is 5.96 Å². The van der Waals surface area contributed by atoms with Crippen molar-refractivity contribution in [2.24, 2.45) is 16.5 Å². The van der Waals surface area contributed by atoms with E-state index in [4.69, 9.17) is 16.2 Å². The maximum Gasteiger partial charge on any atom is 0.491 e. The number of ether oxygens (including phenoxy) is 2. The number of nitrogens with zero attached hydrogens (tertiary/aromatic N) is 4. The number of nitrogens with one attached hydrogen (secondary N) is 2. The van der Waals surface area contributed by atoms with Crippen LogP contribution in [0, 0.1) is 0 Å². The molecule has 0 aliphatic carbocycles. The summed E-state index contributed by atoms with van der Waals surface area (Å²) in [4.78, 5) is 55.9. The predicted octanol–water partition coefficient (Wildman–Crippen LogP) is 1.51. The molecule has 2 amide bonds. The first-order chi connectivity index (χ1) is 22.3. The lowest BCUT2D eigenvalue weighted by molar-refractivity contribution is -0.202. The number of fused-ring (bicyclic) bond motifs is 1. The number of primary amides is 2. The van der Waals surface area contributed by atoms with Gasteiger partial charge in [0.25, 0.3) is 0 Å². The van der Waals surface area contributed by atoms with E-state index < -0.39 is 54.5 Å². The van der Waals surface area contributed by atoms with Gasteiger partial charge in [-0.25, -0.2) is 14.2 Å². The second kappa shape index (κ2) is 13.6. The second-order valence-corrected chi connectivity index (χ2v) is 10.8. The Balaban J connectivity index is 1.60. The molecule has 1 aromatic heterocycles. The van der Waals surface area contributed by atoms with Crippen LogP contribution in [0.15, 0.2) is 47.6 Å². The van der Waals surface area contributed by atoms with Crippen LogP contribution in [-0.4, -0.2) is 91.2 Å². The van der Waals surface area contributed by atoms with Crippen LogP contribution in [0.5, 0.6) is 0 Å². The van der Waals surface area contributed by atoms with Gasteiger partial charge in [-0.2, -0.15) is 18.3 Å². The molecule has 1 saturated heterocycles. The summed E-state index contributed by atoms with van der Waals surface area (Å²) < 4.78 is 63.0. The third kappa shape index (κ3) is 7.59. The van der Waals surface area contributed by atoms with Gasteiger partial charge in [0.1, 0.15) is 12.2 Å². The summed E-state index contributed by atoms with van der Waals surface area (Å²) in [5, 5.41) is 10.4. The molecular weight excluding hydrogens is 632 g/mol. The number of hydrogen-bond acceptors (Lipinski definition) is 11. The van der Waals surface area contributed by atoms with Crippen molar-refractivity contribution in [2.45, 2.75) is 30.7 Å². The van der Waals surface area contributed by atoms with Crippen molar-refractivity contribution in [1.82, 2.24) is 15.1 Å². The Bertz CT molecular complexity index is 1720. The number of halogens is 4. The summed E-state index contributed by atoms with van der Waals surface area (Å²) in [5.41, 5.74) is 12.8. The van der Waals surface area contributed by atoms with Gasteiger partial charge < -0.3 is 36.5 Å². The minimum Gasteiger partial charge on any atom is -0.386 e. The normalized spacial score (nSPS) is 18.1. The maximum atomic E-state index is 13.6. The number of nitrogens with two attached hydrogens (primary N) is 2. The highest BCUT2D eigenvalue weighted by molar-refractivity contribution is 6.07. The summed E-state index contributed by atoms with van der Waals surface area (Å²) in [5.74, 6) is -7.31. The highest BCUT2D eigenvalue weighted by atomic mass is 19.4. The zero-order chi connectivity index (χ0) is 33.9. The topological polar surface area (TPSA) is 196 Å². The van der Waals surface area contributed by atoms with E-state index in [1.165, 1.54) is 18.3 Å². The van der Waals surface area contributed by atoms with Crippen molar-refractivity contribution in [2.75, 3.05) is 49.6 Å². The Morgan fingerprint density at radius 1 is 1.13 bits per heavy atom. The number of guanidine groups is 1. The number of carbonyl (C=O) groups excluding carboxylic acids is 4. The second-order valence-electron chi connectivity index (χ2n) is 10.8. The van der Waals surface area contributed by atoms with Crippen LogP contribution in [0.3, 0.4) is 0 Å². The number of amides is 2. The molecule has 0 bridgehead atoms. The quantitative estimate of drug-likeness (QED) is 0.148. The average molecular weight is 663 g/mol. The SMILES string of the molecule is NC(=O)c1cc(NC2=NCC(F)CN2)c2cnn(C(C(N)=O)[C@@H](CC(=O)OC(=O)C(F)(F)F)c3cccc(N4CCOCC4)c3)c2c1. The molecule has 5 rings (SSSR count). The smallest absolute Gasteiger partial charge is 0.386 e. The Kier molecular flexibility index (Phi) is 9.59. The lowest BCUT2D eigenvalue weighted by atomic mass is 9.87. The number of benzene rings is 2. The third-order valence-corrected chi connectivity index (χ3v) is 7.63. The Morgan fingerprint density at radius 2 is 1.87 bits per heavy atom. The van der Waals surface area contributed by atoms with E-state index in [1.54, 1.807) is 24.3 Å². The van der Waals surface area contributed by atoms with Crippen LogP contribution in [0.25, 0.3) is 10.9 Å². The van der Waals surface area contributed by atoms with Crippen LogP contribution in [0.1, 0.15) is 34.3 Å². The predicted molar refractivity (Wildman–Crippen MR) is 159 cm³/mol. The number of anilines is 2. The third-order valence-electron chi connectivity index (χ3n) is 7.63. The van der Waals surface area contributed by atoms with Crippen molar-refractivity contribution >= 4 is 52.0 Å². The number of aromatic nitrogens is 2. The minimum atomic E-state index is -5.44. The van der Waals surface area contributed by atoms with Crippen molar-refractivity contribution in [3.05, 3.63) is 53.7 Å². The first-order valence-corrected chi connectivity index (χ1v) is 14.4.